The van der Waals surface area contributed by atoms with Gasteiger partial charge in [0.15, 0.2) is 0 Å². The number of aromatic nitrogens is 1. The van der Waals surface area contributed by atoms with Crippen LogP contribution in [0.5, 0.6) is 0 Å². The van der Waals surface area contributed by atoms with Gasteiger partial charge in [-0.3, -0.25) is 0 Å². The van der Waals surface area contributed by atoms with Gasteiger partial charge in [0.05, 0.1) is 10.7 Å². The molecule has 3 heteroatoms. The molecule has 1 saturated carbocycles. The second kappa shape index (κ2) is 3.79. The van der Waals surface area contributed by atoms with Gasteiger partial charge in [0.25, 0.3) is 0 Å². The van der Waals surface area contributed by atoms with E-state index in [1.807, 2.05) is 0 Å². The van der Waals surface area contributed by atoms with Crippen molar-refractivity contribution in [3.05, 3.63) is 15.6 Å². The zero-order valence-electron chi connectivity index (χ0n) is 11.8. The standard InChI is InChI=1S/C14H24N2S/c1-8-9(2)17-11(16-8)7-10(15)12-13(3,4)14(12,5)6/h10,12H,7,15H2,1-6H3. The number of hydrogen-bond acceptors (Lipinski definition) is 3. The van der Waals surface area contributed by atoms with Crippen molar-refractivity contribution in [3.8, 4) is 0 Å². The van der Waals surface area contributed by atoms with Gasteiger partial charge in [-0.15, -0.1) is 11.3 Å². The molecule has 0 spiro atoms. The molecule has 17 heavy (non-hydrogen) atoms. The van der Waals surface area contributed by atoms with E-state index in [1.54, 1.807) is 11.3 Å². The first-order valence-corrected chi connectivity index (χ1v) is 7.18. The number of thiazole rings is 1. The first kappa shape index (κ1) is 13.0. The quantitative estimate of drug-likeness (QED) is 0.896. The molecule has 1 aromatic rings. The Balaban J connectivity index is 2.06. The van der Waals surface area contributed by atoms with E-state index in [-0.39, 0.29) is 6.04 Å². The van der Waals surface area contributed by atoms with Crippen LogP contribution in [-0.4, -0.2) is 11.0 Å². The van der Waals surface area contributed by atoms with Crippen molar-refractivity contribution in [2.24, 2.45) is 22.5 Å². The van der Waals surface area contributed by atoms with Crippen molar-refractivity contribution in [1.29, 1.82) is 0 Å². The highest BCUT2D eigenvalue weighted by Crippen LogP contribution is 2.69. The van der Waals surface area contributed by atoms with Crippen LogP contribution in [0.1, 0.15) is 43.3 Å². The van der Waals surface area contributed by atoms with Crippen LogP contribution in [0.4, 0.5) is 0 Å². The Morgan fingerprint density at radius 1 is 1.24 bits per heavy atom. The molecule has 1 atom stereocenters. The van der Waals surface area contributed by atoms with Crippen LogP contribution in [0, 0.1) is 30.6 Å². The van der Waals surface area contributed by atoms with Crippen LogP contribution in [0.15, 0.2) is 0 Å². The van der Waals surface area contributed by atoms with Crippen LogP contribution >= 0.6 is 11.3 Å². The van der Waals surface area contributed by atoms with E-state index in [2.05, 4.69) is 46.5 Å². The molecule has 0 aliphatic heterocycles. The fourth-order valence-corrected chi connectivity index (χ4v) is 4.27. The fraction of sp³-hybridized carbons (Fsp3) is 0.786. The first-order chi connectivity index (χ1) is 7.68. The van der Waals surface area contributed by atoms with Gasteiger partial charge < -0.3 is 5.73 Å². The second-order valence-corrected chi connectivity index (χ2v) is 7.83. The predicted molar refractivity (Wildman–Crippen MR) is 74.3 cm³/mol. The molecule has 1 fully saturated rings. The van der Waals surface area contributed by atoms with Gasteiger partial charge in [0.2, 0.25) is 0 Å². The number of hydrogen-bond donors (Lipinski definition) is 1. The molecule has 0 radical (unpaired) electrons. The Labute approximate surface area is 109 Å². The van der Waals surface area contributed by atoms with Crippen LogP contribution < -0.4 is 5.73 Å². The Bertz CT molecular complexity index is 398. The molecule has 1 aromatic heterocycles. The van der Waals surface area contributed by atoms with Crippen LogP contribution in [0.3, 0.4) is 0 Å². The SMILES string of the molecule is Cc1nc(CC(N)C2C(C)(C)C2(C)C)sc1C. The van der Waals surface area contributed by atoms with Crippen LogP contribution in [0.25, 0.3) is 0 Å². The summed E-state index contributed by atoms with van der Waals surface area (Å²) in [5, 5.41) is 1.20. The van der Waals surface area contributed by atoms with Crippen molar-refractivity contribution in [2.45, 2.75) is 54.0 Å². The van der Waals surface area contributed by atoms with Gasteiger partial charge in [0, 0.05) is 17.3 Å². The fourth-order valence-electron chi connectivity index (χ4n) is 3.26. The molecule has 1 aliphatic carbocycles. The molecule has 1 aliphatic rings. The second-order valence-electron chi connectivity index (χ2n) is 6.54. The van der Waals surface area contributed by atoms with Gasteiger partial charge in [-0.05, 0) is 30.6 Å². The zero-order chi connectivity index (χ0) is 13.0. The van der Waals surface area contributed by atoms with Crippen molar-refractivity contribution in [1.82, 2.24) is 4.98 Å². The maximum atomic E-state index is 6.39. The highest BCUT2D eigenvalue weighted by atomic mass is 32.1. The molecule has 2 rings (SSSR count). The maximum Gasteiger partial charge on any atom is 0.0946 e. The lowest BCUT2D eigenvalue weighted by Gasteiger charge is -2.11. The summed E-state index contributed by atoms with van der Waals surface area (Å²) < 4.78 is 0. The minimum Gasteiger partial charge on any atom is -0.327 e. The summed E-state index contributed by atoms with van der Waals surface area (Å²) in [5.41, 5.74) is 8.28. The Kier molecular flexibility index (Phi) is 2.91. The van der Waals surface area contributed by atoms with Gasteiger partial charge >= 0.3 is 0 Å². The lowest BCUT2D eigenvalue weighted by atomic mass is 10.0. The average Bonchev–Trinajstić information content (AvgIpc) is 2.41. The predicted octanol–water partition coefficient (Wildman–Crippen LogP) is 3.31. The van der Waals surface area contributed by atoms with Gasteiger partial charge in [-0.25, -0.2) is 4.98 Å². The Hall–Kier alpha value is -0.410. The lowest BCUT2D eigenvalue weighted by Crippen LogP contribution is -2.28. The summed E-state index contributed by atoms with van der Waals surface area (Å²) in [6.07, 6.45) is 0.927. The summed E-state index contributed by atoms with van der Waals surface area (Å²) in [4.78, 5) is 5.92. The number of nitrogens with zero attached hydrogens (tertiary/aromatic N) is 1. The topological polar surface area (TPSA) is 38.9 Å². The molecular formula is C14H24N2S. The highest BCUT2D eigenvalue weighted by molar-refractivity contribution is 7.11. The van der Waals surface area contributed by atoms with Gasteiger partial charge in [0.1, 0.15) is 0 Å². The molecule has 1 unspecified atom stereocenters. The summed E-state index contributed by atoms with van der Waals surface area (Å²) >= 11 is 1.80. The summed E-state index contributed by atoms with van der Waals surface area (Å²) in [5.74, 6) is 0.611. The van der Waals surface area contributed by atoms with Gasteiger partial charge in [-0.2, -0.15) is 0 Å². The summed E-state index contributed by atoms with van der Waals surface area (Å²) in [7, 11) is 0. The van der Waals surface area contributed by atoms with Crippen molar-refractivity contribution in [3.63, 3.8) is 0 Å². The van der Waals surface area contributed by atoms with E-state index in [0.29, 0.717) is 16.7 Å². The van der Waals surface area contributed by atoms with Crippen molar-refractivity contribution >= 4 is 11.3 Å². The Morgan fingerprint density at radius 3 is 2.12 bits per heavy atom. The van der Waals surface area contributed by atoms with E-state index in [4.69, 9.17) is 5.73 Å². The molecule has 2 nitrogen and oxygen atoms in total. The maximum absolute atomic E-state index is 6.39. The average molecular weight is 252 g/mol. The molecular weight excluding hydrogens is 228 g/mol. The van der Waals surface area contributed by atoms with Crippen LogP contribution in [-0.2, 0) is 6.42 Å². The molecule has 0 bridgehead atoms. The minimum absolute atomic E-state index is 0.241. The normalized spacial score (nSPS) is 23.7. The third-order valence-corrected chi connectivity index (χ3v) is 6.14. The summed E-state index contributed by atoms with van der Waals surface area (Å²) in [6, 6.07) is 0.241. The summed E-state index contributed by atoms with van der Waals surface area (Å²) in [6.45, 7) is 13.5. The third-order valence-electron chi connectivity index (χ3n) is 5.04. The van der Waals surface area contributed by atoms with Gasteiger partial charge in [-0.1, -0.05) is 27.7 Å². The largest absolute Gasteiger partial charge is 0.327 e. The van der Waals surface area contributed by atoms with E-state index < -0.39 is 0 Å². The first-order valence-electron chi connectivity index (χ1n) is 6.36. The molecule has 0 amide bonds. The van der Waals surface area contributed by atoms with E-state index in [9.17, 15) is 0 Å². The van der Waals surface area contributed by atoms with E-state index in [1.165, 1.54) is 9.88 Å². The third kappa shape index (κ3) is 1.93. The van der Waals surface area contributed by atoms with E-state index in [0.717, 1.165) is 12.1 Å². The van der Waals surface area contributed by atoms with E-state index >= 15 is 0 Å². The number of rotatable bonds is 3. The molecule has 2 N–H and O–H groups in total. The molecule has 0 saturated heterocycles. The Morgan fingerprint density at radius 2 is 1.76 bits per heavy atom. The minimum atomic E-state index is 0.241. The van der Waals surface area contributed by atoms with Crippen LogP contribution in [0.2, 0.25) is 0 Å². The molecule has 96 valence electrons. The lowest BCUT2D eigenvalue weighted by molar-refractivity contribution is 0.457. The number of aryl methyl sites for hydroxylation is 2. The molecule has 0 aromatic carbocycles. The number of nitrogens with two attached hydrogens (primary N) is 1. The highest BCUT2D eigenvalue weighted by Gasteiger charge is 2.66. The smallest absolute Gasteiger partial charge is 0.0946 e. The zero-order valence-corrected chi connectivity index (χ0v) is 12.6. The van der Waals surface area contributed by atoms with Crippen molar-refractivity contribution in [2.75, 3.05) is 0 Å². The monoisotopic (exact) mass is 252 g/mol. The molecule has 1 heterocycles. The van der Waals surface area contributed by atoms with Crippen molar-refractivity contribution < 1.29 is 0 Å².